The molecule has 0 saturated heterocycles. The zero-order valence-electron chi connectivity index (χ0n) is 9.54. The molecule has 0 unspecified atom stereocenters. The summed E-state index contributed by atoms with van der Waals surface area (Å²) >= 11 is 3.22. The molecular weight excluding hydrogens is 288 g/mol. The fraction of sp³-hybridized carbons (Fsp3) is 0.273. The average molecular weight is 301 g/mol. The van der Waals surface area contributed by atoms with Crippen LogP contribution in [0, 0.1) is 0 Å². The highest BCUT2D eigenvalue weighted by Gasteiger charge is 2.17. The number of nitrogens with two attached hydrogens (primary N) is 1. The SMILES string of the molecule is CCNC(=O)c1c(N)cc(C(=O)OC)cc1Br. The molecule has 0 aromatic heterocycles. The number of carbonyl (C=O) groups excluding carboxylic acids is 2. The Morgan fingerprint density at radius 2 is 2.12 bits per heavy atom. The predicted molar refractivity (Wildman–Crippen MR) is 67.9 cm³/mol. The second-order valence-electron chi connectivity index (χ2n) is 3.27. The molecule has 1 aromatic rings. The number of esters is 1. The van der Waals surface area contributed by atoms with Crippen LogP contribution in [-0.2, 0) is 4.74 Å². The van der Waals surface area contributed by atoms with Gasteiger partial charge in [0.1, 0.15) is 0 Å². The Bertz CT molecular complexity index is 437. The summed E-state index contributed by atoms with van der Waals surface area (Å²) < 4.78 is 5.04. The van der Waals surface area contributed by atoms with Gasteiger partial charge in [-0.1, -0.05) is 0 Å². The average Bonchev–Trinajstić information content (AvgIpc) is 2.27. The van der Waals surface area contributed by atoms with Crippen LogP contribution in [0.1, 0.15) is 27.6 Å². The summed E-state index contributed by atoms with van der Waals surface area (Å²) in [6, 6.07) is 2.92. The molecule has 92 valence electrons. The van der Waals surface area contributed by atoms with Gasteiger partial charge in [0.2, 0.25) is 0 Å². The molecular formula is C11H13BrN2O3. The third-order valence-electron chi connectivity index (χ3n) is 2.11. The molecule has 0 aliphatic carbocycles. The molecule has 1 aromatic carbocycles. The van der Waals surface area contributed by atoms with Gasteiger partial charge in [0.05, 0.1) is 18.2 Å². The maximum absolute atomic E-state index is 11.7. The topological polar surface area (TPSA) is 81.4 Å². The molecule has 6 heteroatoms. The minimum atomic E-state index is -0.500. The lowest BCUT2D eigenvalue weighted by molar-refractivity contribution is 0.0600. The van der Waals surface area contributed by atoms with E-state index in [-0.39, 0.29) is 11.6 Å². The molecule has 3 N–H and O–H groups in total. The van der Waals surface area contributed by atoms with E-state index in [9.17, 15) is 9.59 Å². The molecule has 1 rings (SSSR count). The van der Waals surface area contributed by atoms with E-state index < -0.39 is 5.97 Å². The number of amides is 1. The first kappa shape index (κ1) is 13.5. The Morgan fingerprint density at radius 1 is 1.47 bits per heavy atom. The van der Waals surface area contributed by atoms with Gasteiger partial charge in [-0.2, -0.15) is 0 Å². The number of nitrogens with one attached hydrogen (secondary N) is 1. The van der Waals surface area contributed by atoms with Gasteiger partial charge in [-0.15, -0.1) is 0 Å². The Labute approximate surface area is 107 Å². The summed E-state index contributed by atoms with van der Waals surface area (Å²) in [5.41, 5.74) is 6.59. The molecule has 5 nitrogen and oxygen atoms in total. The Balaban J connectivity index is 3.19. The fourth-order valence-electron chi connectivity index (χ4n) is 1.35. The van der Waals surface area contributed by atoms with Gasteiger partial charge in [-0.3, -0.25) is 4.79 Å². The highest BCUT2D eigenvalue weighted by molar-refractivity contribution is 9.10. The van der Waals surface area contributed by atoms with Crippen molar-refractivity contribution in [2.24, 2.45) is 0 Å². The van der Waals surface area contributed by atoms with Crippen molar-refractivity contribution < 1.29 is 14.3 Å². The molecule has 0 radical (unpaired) electrons. The molecule has 0 aliphatic rings. The van der Waals surface area contributed by atoms with Crippen LogP contribution < -0.4 is 11.1 Å². The minimum Gasteiger partial charge on any atom is -0.465 e. The molecule has 0 fully saturated rings. The largest absolute Gasteiger partial charge is 0.465 e. The zero-order valence-corrected chi connectivity index (χ0v) is 11.1. The van der Waals surface area contributed by atoms with E-state index >= 15 is 0 Å². The summed E-state index contributed by atoms with van der Waals surface area (Å²) in [4.78, 5) is 23.0. The number of anilines is 1. The number of carbonyl (C=O) groups is 2. The van der Waals surface area contributed by atoms with Crippen LogP contribution in [0.5, 0.6) is 0 Å². The first-order valence-corrected chi connectivity index (χ1v) is 5.76. The standard InChI is InChI=1S/C11H13BrN2O3/c1-3-14-10(15)9-7(12)4-6(5-8(9)13)11(16)17-2/h4-5H,3,13H2,1-2H3,(H,14,15). The van der Waals surface area contributed by atoms with Crippen LogP contribution in [0.3, 0.4) is 0 Å². The molecule has 0 aliphatic heterocycles. The minimum absolute atomic E-state index is 0.228. The van der Waals surface area contributed by atoms with E-state index in [0.29, 0.717) is 22.1 Å². The number of halogens is 1. The van der Waals surface area contributed by atoms with Crippen molar-refractivity contribution in [1.29, 1.82) is 0 Å². The van der Waals surface area contributed by atoms with Crippen molar-refractivity contribution in [1.82, 2.24) is 5.32 Å². The highest BCUT2D eigenvalue weighted by Crippen LogP contribution is 2.25. The third-order valence-corrected chi connectivity index (χ3v) is 2.73. The van der Waals surface area contributed by atoms with E-state index in [4.69, 9.17) is 5.73 Å². The van der Waals surface area contributed by atoms with E-state index in [1.807, 2.05) is 6.92 Å². The van der Waals surface area contributed by atoms with Gasteiger partial charge in [0.15, 0.2) is 0 Å². The maximum atomic E-state index is 11.7. The van der Waals surface area contributed by atoms with E-state index in [1.165, 1.54) is 19.2 Å². The number of methoxy groups -OCH3 is 1. The third kappa shape index (κ3) is 2.97. The lowest BCUT2D eigenvalue weighted by Crippen LogP contribution is -2.24. The quantitative estimate of drug-likeness (QED) is 0.656. The lowest BCUT2D eigenvalue weighted by Gasteiger charge is -2.10. The first-order valence-electron chi connectivity index (χ1n) is 4.96. The van der Waals surface area contributed by atoms with Gasteiger partial charge in [-0.25, -0.2) is 4.79 Å². The summed E-state index contributed by atoms with van der Waals surface area (Å²) in [6.07, 6.45) is 0. The number of rotatable bonds is 3. The summed E-state index contributed by atoms with van der Waals surface area (Å²) in [5.74, 6) is -0.784. The van der Waals surface area contributed by atoms with Crippen molar-refractivity contribution in [2.45, 2.75) is 6.92 Å². The maximum Gasteiger partial charge on any atom is 0.337 e. The lowest BCUT2D eigenvalue weighted by atomic mass is 10.1. The fourth-order valence-corrected chi connectivity index (χ4v) is 2.01. The molecule has 0 heterocycles. The van der Waals surface area contributed by atoms with Crippen molar-refractivity contribution in [2.75, 3.05) is 19.4 Å². The molecule has 0 spiro atoms. The first-order chi connectivity index (χ1) is 8.01. The summed E-state index contributed by atoms with van der Waals surface area (Å²) in [6.45, 7) is 2.31. The van der Waals surface area contributed by atoms with E-state index in [1.54, 1.807) is 0 Å². The van der Waals surface area contributed by atoms with Gasteiger partial charge in [0.25, 0.3) is 5.91 Å². The van der Waals surface area contributed by atoms with Gasteiger partial charge in [-0.05, 0) is 35.0 Å². The monoisotopic (exact) mass is 300 g/mol. The van der Waals surface area contributed by atoms with E-state index in [0.717, 1.165) is 0 Å². The number of hydrogen-bond acceptors (Lipinski definition) is 4. The number of nitrogen functional groups attached to an aromatic ring is 1. The molecule has 0 bridgehead atoms. The van der Waals surface area contributed by atoms with Crippen molar-refractivity contribution >= 4 is 33.5 Å². The van der Waals surface area contributed by atoms with Crippen molar-refractivity contribution in [3.63, 3.8) is 0 Å². The second kappa shape index (κ2) is 5.67. The van der Waals surface area contributed by atoms with Crippen LogP contribution in [0.2, 0.25) is 0 Å². The second-order valence-corrected chi connectivity index (χ2v) is 4.13. The summed E-state index contributed by atoms with van der Waals surface area (Å²) in [5, 5.41) is 2.64. The Hall–Kier alpha value is -1.56. The number of hydrogen-bond donors (Lipinski definition) is 2. The molecule has 0 saturated carbocycles. The normalized spacial score (nSPS) is 9.82. The van der Waals surface area contributed by atoms with Crippen LogP contribution in [0.15, 0.2) is 16.6 Å². The Morgan fingerprint density at radius 3 is 2.59 bits per heavy atom. The number of ether oxygens (including phenoxy) is 1. The van der Waals surface area contributed by atoms with Crippen LogP contribution in [0.4, 0.5) is 5.69 Å². The zero-order chi connectivity index (χ0) is 13.0. The smallest absolute Gasteiger partial charge is 0.337 e. The van der Waals surface area contributed by atoms with Crippen LogP contribution in [0.25, 0.3) is 0 Å². The summed E-state index contributed by atoms with van der Waals surface area (Å²) in [7, 11) is 1.28. The molecule has 1 amide bonds. The highest BCUT2D eigenvalue weighted by atomic mass is 79.9. The van der Waals surface area contributed by atoms with Gasteiger partial charge in [0, 0.05) is 16.7 Å². The van der Waals surface area contributed by atoms with E-state index in [2.05, 4.69) is 26.0 Å². The van der Waals surface area contributed by atoms with Crippen molar-refractivity contribution in [3.8, 4) is 0 Å². The van der Waals surface area contributed by atoms with Crippen LogP contribution in [-0.4, -0.2) is 25.5 Å². The van der Waals surface area contributed by atoms with Gasteiger partial charge >= 0.3 is 5.97 Å². The van der Waals surface area contributed by atoms with Crippen LogP contribution >= 0.6 is 15.9 Å². The number of benzene rings is 1. The van der Waals surface area contributed by atoms with Crippen molar-refractivity contribution in [3.05, 3.63) is 27.7 Å². The Kier molecular flexibility index (Phi) is 4.51. The van der Waals surface area contributed by atoms with Gasteiger partial charge < -0.3 is 15.8 Å². The molecule has 17 heavy (non-hydrogen) atoms. The predicted octanol–water partition coefficient (Wildman–Crippen LogP) is 1.57. The molecule has 0 atom stereocenters.